The smallest absolute Gasteiger partial charge is 0.125 e. The lowest BCUT2D eigenvalue weighted by Gasteiger charge is -2.20. The van der Waals surface area contributed by atoms with Gasteiger partial charge in [-0.05, 0) is 30.9 Å². The zero-order chi connectivity index (χ0) is 12.6. The first-order valence-electron chi connectivity index (χ1n) is 7.19. The van der Waals surface area contributed by atoms with Gasteiger partial charge in [-0.3, -0.25) is 0 Å². The Hall–Kier alpha value is -0.700. The van der Waals surface area contributed by atoms with Gasteiger partial charge in [0.25, 0.3) is 0 Å². The van der Waals surface area contributed by atoms with Crippen LogP contribution < -0.4 is 5.32 Å². The van der Waals surface area contributed by atoms with Gasteiger partial charge in [-0.15, -0.1) is 0 Å². The van der Waals surface area contributed by atoms with Crippen LogP contribution in [0.4, 0.5) is 5.82 Å². The predicted molar refractivity (Wildman–Crippen MR) is 81.2 cm³/mol. The van der Waals surface area contributed by atoms with Crippen LogP contribution in [0.15, 0.2) is 18.3 Å². The van der Waals surface area contributed by atoms with Gasteiger partial charge in [-0.1, -0.05) is 32.3 Å². The molecule has 2 rings (SSSR count). The highest BCUT2D eigenvalue weighted by atomic mass is 32.2. The highest BCUT2D eigenvalue weighted by molar-refractivity contribution is 7.99. The van der Waals surface area contributed by atoms with Crippen molar-refractivity contribution in [2.45, 2.75) is 56.5 Å². The summed E-state index contributed by atoms with van der Waals surface area (Å²) in [7, 11) is 0. The van der Waals surface area contributed by atoms with Gasteiger partial charge < -0.3 is 5.32 Å². The first-order chi connectivity index (χ1) is 8.88. The maximum atomic E-state index is 4.46. The van der Waals surface area contributed by atoms with Crippen LogP contribution in [-0.4, -0.2) is 16.8 Å². The Kier molecular flexibility index (Phi) is 5.85. The fraction of sp³-hybridized carbons (Fsp3) is 0.667. The van der Waals surface area contributed by atoms with Gasteiger partial charge >= 0.3 is 0 Å². The Bertz CT molecular complexity index is 331. The first kappa shape index (κ1) is 13.7. The largest absolute Gasteiger partial charge is 0.370 e. The van der Waals surface area contributed by atoms with E-state index in [9.17, 15) is 0 Å². The van der Waals surface area contributed by atoms with Crippen molar-refractivity contribution in [1.82, 2.24) is 4.98 Å². The van der Waals surface area contributed by atoms with Crippen LogP contribution in [0.5, 0.6) is 0 Å². The molecule has 0 radical (unpaired) electrons. The summed E-state index contributed by atoms with van der Waals surface area (Å²) in [6.45, 7) is 3.17. The van der Waals surface area contributed by atoms with Crippen molar-refractivity contribution in [3.63, 3.8) is 0 Å². The molecule has 1 aromatic rings. The normalized spacial score (nSPS) is 16.7. The minimum Gasteiger partial charge on any atom is -0.370 e. The van der Waals surface area contributed by atoms with E-state index in [0.29, 0.717) is 0 Å². The third kappa shape index (κ3) is 4.52. The molecule has 1 aliphatic rings. The minimum atomic E-state index is 0.886. The lowest BCUT2D eigenvalue weighted by molar-refractivity contribution is 0.516. The molecule has 0 aromatic carbocycles. The SMILES string of the molecule is CCCNc1ccc(CSC2CCCCC2)cn1. The molecule has 1 N–H and O–H groups in total. The van der Waals surface area contributed by atoms with Crippen molar-refractivity contribution in [3.05, 3.63) is 23.9 Å². The second kappa shape index (κ2) is 7.67. The summed E-state index contributed by atoms with van der Waals surface area (Å²) < 4.78 is 0. The van der Waals surface area contributed by atoms with E-state index in [2.05, 4.69) is 41.1 Å². The summed E-state index contributed by atoms with van der Waals surface area (Å²) in [4.78, 5) is 4.46. The number of hydrogen-bond donors (Lipinski definition) is 1. The second-order valence-corrected chi connectivity index (χ2v) is 6.34. The van der Waals surface area contributed by atoms with E-state index >= 15 is 0 Å². The summed E-state index contributed by atoms with van der Waals surface area (Å²) in [5.74, 6) is 2.12. The Morgan fingerprint density at radius 1 is 1.28 bits per heavy atom. The van der Waals surface area contributed by atoms with Gasteiger partial charge in [-0.2, -0.15) is 11.8 Å². The number of anilines is 1. The number of nitrogens with one attached hydrogen (secondary N) is 1. The Morgan fingerprint density at radius 2 is 2.11 bits per heavy atom. The number of rotatable bonds is 6. The van der Waals surface area contributed by atoms with Crippen LogP contribution in [-0.2, 0) is 5.75 Å². The number of pyridine rings is 1. The van der Waals surface area contributed by atoms with Crippen molar-refractivity contribution in [2.24, 2.45) is 0 Å². The molecule has 3 heteroatoms. The van der Waals surface area contributed by atoms with E-state index in [1.165, 1.54) is 37.7 Å². The zero-order valence-electron chi connectivity index (χ0n) is 11.3. The molecule has 1 fully saturated rings. The summed E-state index contributed by atoms with van der Waals surface area (Å²) in [6.07, 6.45) is 10.3. The number of hydrogen-bond acceptors (Lipinski definition) is 3. The van der Waals surface area contributed by atoms with Crippen molar-refractivity contribution < 1.29 is 0 Å². The molecule has 0 atom stereocenters. The lowest BCUT2D eigenvalue weighted by atomic mass is 10.0. The number of aromatic nitrogens is 1. The monoisotopic (exact) mass is 264 g/mol. The summed E-state index contributed by atoms with van der Waals surface area (Å²) in [6, 6.07) is 4.31. The molecule has 1 aliphatic carbocycles. The zero-order valence-corrected chi connectivity index (χ0v) is 12.1. The molecule has 0 amide bonds. The lowest BCUT2D eigenvalue weighted by Crippen LogP contribution is -2.08. The third-order valence-corrected chi connectivity index (χ3v) is 4.86. The van der Waals surface area contributed by atoms with Gasteiger partial charge in [0.1, 0.15) is 5.82 Å². The molecule has 18 heavy (non-hydrogen) atoms. The summed E-state index contributed by atoms with van der Waals surface area (Å²) in [5.41, 5.74) is 1.35. The average Bonchev–Trinajstić information content (AvgIpc) is 2.45. The molecule has 0 unspecified atom stereocenters. The van der Waals surface area contributed by atoms with Crippen LogP contribution in [0, 0.1) is 0 Å². The van der Waals surface area contributed by atoms with E-state index in [4.69, 9.17) is 0 Å². The molecular formula is C15H24N2S. The van der Waals surface area contributed by atoms with Gasteiger partial charge in [0.05, 0.1) is 0 Å². The molecule has 0 aliphatic heterocycles. The van der Waals surface area contributed by atoms with Crippen molar-refractivity contribution in [1.29, 1.82) is 0 Å². The van der Waals surface area contributed by atoms with Crippen LogP contribution in [0.25, 0.3) is 0 Å². The standard InChI is InChI=1S/C15H24N2S/c1-2-10-16-15-9-8-13(11-17-15)12-18-14-6-4-3-5-7-14/h8-9,11,14H,2-7,10,12H2,1H3,(H,16,17). The van der Waals surface area contributed by atoms with Gasteiger partial charge in [0, 0.05) is 23.7 Å². The second-order valence-electron chi connectivity index (χ2n) is 5.05. The minimum absolute atomic E-state index is 0.886. The predicted octanol–water partition coefficient (Wildman–Crippen LogP) is 4.47. The van der Waals surface area contributed by atoms with Crippen LogP contribution in [0.3, 0.4) is 0 Å². The molecule has 0 saturated heterocycles. The van der Waals surface area contributed by atoms with Gasteiger partial charge in [0.15, 0.2) is 0 Å². The van der Waals surface area contributed by atoms with E-state index < -0.39 is 0 Å². The van der Waals surface area contributed by atoms with Crippen LogP contribution in [0.1, 0.15) is 51.0 Å². The molecule has 100 valence electrons. The van der Waals surface area contributed by atoms with Crippen molar-refractivity contribution in [3.8, 4) is 0 Å². The highest BCUT2D eigenvalue weighted by Crippen LogP contribution is 2.30. The first-order valence-corrected chi connectivity index (χ1v) is 8.24. The van der Waals surface area contributed by atoms with E-state index in [1.807, 2.05) is 6.20 Å². The molecular weight excluding hydrogens is 240 g/mol. The van der Waals surface area contributed by atoms with Gasteiger partial charge in [0.2, 0.25) is 0 Å². The van der Waals surface area contributed by atoms with E-state index in [-0.39, 0.29) is 0 Å². The quantitative estimate of drug-likeness (QED) is 0.820. The molecule has 1 saturated carbocycles. The van der Waals surface area contributed by atoms with Crippen molar-refractivity contribution >= 4 is 17.6 Å². The molecule has 1 heterocycles. The van der Waals surface area contributed by atoms with Crippen LogP contribution in [0.2, 0.25) is 0 Å². The highest BCUT2D eigenvalue weighted by Gasteiger charge is 2.13. The molecule has 2 nitrogen and oxygen atoms in total. The van der Waals surface area contributed by atoms with E-state index in [1.54, 1.807) is 0 Å². The van der Waals surface area contributed by atoms with Crippen LogP contribution >= 0.6 is 11.8 Å². The Balaban J connectivity index is 1.75. The fourth-order valence-electron chi connectivity index (χ4n) is 2.31. The molecule has 1 aromatic heterocycles. The molecule has 0 spiro atoms. The van der Waals surface area contributed by atoms with Gasteiger partial charge in [-0.25, -0.2) is 4.98 Å². The fourth-order valence-corrected chi connectivity index (χ4v) is 3.58. The molecule has 0 bridgehead atoms. The Labute approximate surface area is 115 Å². The maximum Gasteiger partial charge on any atom is 0.125 e. The Morgan fingerprint density at radius 3 is 2.78 bits per heavy atom. The van der Waals surface area contributed by atoms with Crippen molar-refractivity contribution in [2.75, 3.05) is 11.9 Å². The number of nitrogens with zero attached hydrogens (tertiary/aromatic N) is 1. The maximum absolute atomic E-state index is 4.46. The summed E-state index contributed by atoms with van der Waals surface area (Å²) >= 11 is 2.11. The number of thioether (sulfide) groups is 1. The third-order valence-electron chi connectivity index (χ3n) is 3.42. The summed E-state index contributed by atoms with van der Waals surface area (Å²) in [5, 5.41) is 4.19. The topological polar surface area (TPSA) is 24.9 Å². The average molecular weight is 264 g/mol. The van der Waals surface area contributed by atoms with E-state index in [0.717, 1.165) is 29.8 Å².